The molecule has 0 spiro atoms. The summed E-state index contributed by atoms with van der Waals surface area (Å²) >= 11 is 0. The highest BCUT2D eigenvalue weighted by Gasteiger charge is 2.15. The Balaban J connectivity index is 2.89. The largest absolute Gasteiger partial charge is 0.0651 e. The van der Waals surface area contributed by atoms with Crippen molar-refractivity contribution in [2.24, 2.45) is 5.92 Å². The number of rotatable bonds is 4. The van der Waals surface area contributed by atoms with Gasteiger partial charge in [0.1, 0.15) is 0 Å². The average Bonchev–Trinajstić information content (AvgIpc) is 2.19. The molecule has 14 heavy (non-hydrogen) atoms. The van der Waals surface area contributed by atoms with Gasteiger partial charge in [-0.25, -0.2) is 0 Å². The Labute approximate surface area is 88.4 Å². The van der Waals surface area contributed by atoms with Crippen molar-refractivity contribution in [1.82, 2.24) is 0 Å². The second-order valence-corrected chi connectivity index (χ2v) is 4.31. The van der Waals surface area contributed by atoms with Crippen LogP contribution in [0.2, 0.25) is 0 Å². The smallest absolute Gasteiger partial charge is 0.0139 e. The highest BCUT2D eigenvalue weighted by atomic mass is 14.2. The minimum Gasteiger partial charge on any atom is -0.0651 e. The van der Waals surface area contributed by atoms with Crippen LogP contribution < -0.4 is 0 Å². The fourth-order valence-corrected chi connectivity index (χ4v) is 2.15. The summed E-state index contributed by atoms with van der Waals surface area (Å²) in [6, 6.07) is 8.95. The van der Waals surface area contributed by atoms with Gasteiger partial charge in [-0.15, -0.1) is 0 Å². The van der Waals surface area contributed by atoms with E-state index >= 15 is 0 Å². The third-order valence-electron chi connectivity index (χ3n) is 3.24. The van der Waals surface area contributed by atoms with Crippen LogP contribution in [0.5, 0.6) is 0 Å². The first-order valence-corrected chi connectivity index (χ1v) is 5.75. The molecule has 0 N–H and O–H groups in total. The standard InChI is InChI=1S/C14H22/c1-5-12(4)14(6-2)13-9-7-8-11(3)10-13/h7-10,12,14H,5-6H2,1-4H3/t12-,14?/m0/s1. The van der Waals surface area contributed by atoms with Crippen LogP contribution in [0.25, 0.3) is 0 Å². The number of hydrogen-bond donors (Lipinski definition) is 0. The van der Waals surface area contributed by atoms with E-state index in [0.29, 0.717) is 0 Å². The number of hydrogen-bond acceptors (Lipinski definition) is 0. The van der Waals surface area contributed by atoms with Crippen molar-refractivity contribution in [2.75, 3.05) is 0 Å². The van der Waals surface area contributed by atoms with Gasteiger partial charge in [0.05, 0.1) is 0 Å². The lowest BCUT2D eigenvalue weighted by atomic mass is 9.83. The van der Waals surface area contributed by atoms with Gasteiger partial charge in [-0.05, 0) is 30.7 Å². The Hall–Kier alpha value is -0.780. The molecule has 1 aromatic rings. The summed E-state index contributed by atoms with van der Waals surface area (Å²) in [4.78, 5) is 0. The van der Waals surface area contributed by atoms with Crippen molar-refractivity contribution in [3.05, 3.63) is 35.4 Å². The van der Waals surface area contributed by atoms with Crippen molar-refractivity contribution in [1.29, 1.82) is 0 Å². The van der Waals surface area contributed by atoms with E-state index in [9.17, 15) is 0 Å². The molecule has 0 radical (unpaired) electrons. The van der Waals surface area contributed by atoms with Crippen molar-refractivity contribution < 1.29 is 0 Å². The van der Waals surface area contributed by atoms with Crippen LogP contribution in [-0.4, -0.2) is 0 Å². The molecule has 0 saturated carbocycles. The molecule has 1 aromatic carbocycles. The molecule has 0 fully saturated rings. The Kier molecular flexibility index (Phi) is 4.19. The summed E-state index contributed by atoms with van der Waals surface area (Å²) in [5.74, 6) is 1.53. The molecule has 0 aliphatic heterocycles. The summed E-state index contributed by atoms with van der Waals surface area (Å²) in [6.07, 6.45) is 2.52. The van der Waals surface area contributed by atoms with Gasteiger partial charge >= 0.3 is 0 Å². The summed E-state index contributed by atoms with van der Waals surface area (Å²) in [7, 11) is 0. The lowest BCUT2D eigenvalue weighted by Gasteiger charge is -2.22. The monoisotopic (exact) mass is 190 g/mol. The number of aryl methyl sites for hydroxylation is 1. The molecule has 0 heterocycles. The third-order valence-corrected chi connectivity index (χ3v) is 3.24. The first-order valence-electron chi connectivity index (χ1n) is 5.75. The average molecular weight is 190 g/mol. The second kappa shape index (κ2) is 5.19. The molecule has 0 aliphatic rings. The minimum atomic E-state index is 0.736. The van der Waals surface area contributed by atoms with Gasteiger partial charge in [0.25, 0.3) is 0 Å². The highest BCUT2D eigenvalue weighted by molar-refractivity contribution is 5.25. The molecule has 2 atom stereocenters. The molecular formula is C14H22. The summed E-state index contributed by atoms with van der Waals surface area (Å²) in [6.45, 7) is 9.10. The maximum absolute atomic E-state index is 2.36. The molecule has 0 heteroatoms. The van der Waals surface area contributed by atoms with Crippen LogP contribution in [0.4, 0.5) is 0 Å². The maximum Gasteiger partial charge on any atom is -0.0139 e. The highest BCUT2D eigenvalue weighted by Crippen LogP contribution is 2.30. The van der Waals surface area contributed by atoms with E-state index in [4.69, 9.17) is 0 Å². The quantitative estimate of drug-likeness (QED) is 0.654. The Bertz CT molecular complexity index is 275. The van der Waals surface area contributed by atoms with E-state index in [-0.39, 0.29) is 0 Å². The van der Waals surface area contributed by atoms with Crippen LogP contribution in [0.3, 0.4) is 0 Å². The van der Waals surface area contributed by atoms with Crippen LogP contribution >= 0.6 is 0 Å². The fourth-order valence-electron chi connectivity index (χ4n) is 2.15. The molecule has 0 nitrogen and oxygen atoms in total. The Morgan fingerprint density at radius 2 is 1.86 bits per heavy atom. The van der Waals surface area contributed by atoms with E-state index in [1.807, 2.05) is 0 Å². The van der Waals surface area contributed by atoms with Gasteiger partial charge < -0.3 is 0 Å². The van der Waals surface area contributed by atoms with Crippen molar-refractivity contribution in [2.45, 2.75) is 46.5 Å². The van der Waals surface area contributed by atoms with E-state index < -0.39 is 0 Å². The van der Waals surface area contributed by atoms with Gasteiger partial charge in [-0.3, -0.25) is 0 Å². The van der Waals surface area contributed by atoms with Crippen LogP contribution in [-0.2, 0) is 0 Å². The van der Waals surface area contributed by atoms with Crippen molar-refractivity contribution in [3.8, 4) is 0 Å². The van der Waals surface area contributed by atoms with E-state index in [0.717, 1.165) is 11.8 Å². The molecule has 0 aliphatic carbocycles. The summed E-state index contributed by atoms with van der Waals surface area (Å²) < 4.78 is 0. The molecule has 0 saturated heterocycles. The second-order valence-electron chi connectivity index (χ2n) is 4.31. The first-order chi connectivity index (χ1) is 6.69. The van der Waals surface area contributed by atoms with Crippen LogP contribution in [0.1, 0.15) is 50.7 Å². The van der Waals surface area contributed by atoms with E-state index in [1.165, 1.54) is 24.0 Å². The minimum absolute atomic E-state index is 0.736. The molecule has 78 valence electrons. The van der Waals surface area contributed by atoms with E-state index in [2.05, 4.69) is 52.0 Å². The molecule has 1 unspecified atom stereocenters. The maximum atomic E-state index is 2.36. The first kappa shape index (κ1) is 11.3. The van der Waals surface area contributed by atoms with Crippen molar-refractivity contribution >= 4 is 0 Å². The third kappa shape index (κ3) is 2.60. The van der Waals surface area contributed by atoms with Gasteiger partial charge in [-0.1, -0.05) is 57.0 Å². The molecule has 1 rings (SSSR count). The zero-order chi connectivity index (χ0) is 10.6. The lowest BCUT2D eigenvalue weighted by Crippen LogP contribution is -2.08. The molecular weight excluding hydrogens is 168 g/mol. The SMILES string of the molecule is CCC(c1cccc(C)c1)[C@@H](C)CC. The zero-order valence-corrected chi connectivity index (χ0v) is 9.88. The Morgan fingerprint density at radius 1 is 1.14 bits per heavy atom. The Morgan fingerprint density at radius 3 is 2.36 bits per heavy atom. The van der Waals surface area contributed by atoms with Crippen LogP contribution in [0.15, 0.2) is 24.3 Å². The predicted molar refractivity (Wildman–Crippen MR) is 63.7 cm³/mol. The molecule has 0 bridgehead atoms. The molecule has 0 aromatic heterocycles. The van der Waals surface area contributed by atoms with Gasteiger partial charge in [0.15, 0.2) is 0 Å². The van der Waals surface area contributed by atoms with Gasteiger partial charge in [0, 0.05) is 0 Å². The zero-order valence-electron chi connectivity index (χ0n) is 9.88. The lowest BCUT2D eigenvalue weighted by molar-refractivity contribution is 0.435. The van der Waals surface area contributed by atoms with Gasteiger partial charge in [0.2, 0.25) is 0 Å². The fraction of sp³-hybridized carbons (Fsp3) is 0.571. The topological polar surface area (TPSA) is 0 Å². The van der Waals surface area contributed by atoms with E-state index in [1.54, 1.807) is 0 Å². The van der Waals surface area contributed by atoms with Gasteiger partial charge in [-0.2, -0.15) is 0 Å². The normalized spacial score (nSPS) is 15.1. The summed E-state index contributed by atoms with van der Waals surface area (Å²) in [5, 5.41) is 0. The predicted octanol–water partition coefficient (Wildman–Crippen LogP) is 4.53. The van der Waals surface area contributed by atoms with Crippen LogP contribution in [0, 0.1) is 12.8 Å². The number of benzene rings is 1. The summed E-state index contributed by atoms with van der Waals surface area (Å²) in [5.41, 5.74) is 2.89. The molecule has 0 amide bonds. The van der Waals surface area contributed by atoms with Crippen molar-refractivity contribution in [3.63, 3.8) is 0 Å².